The van der Waals surface area contributed by atoms with Crippen molar-refractivity contribution in [1.82, 2.24) is 4.57 Å². The number of nitrogens with zero attached hydrogens (tertiary/aromatic N) is 1. The Balaban J connectivity index is 2.73. The first kappa shape index (κ1) is 8.70. The van der Waals surface area contributed by atoms with Crippen molar-refractivity contribution in [3.05, 3.63) is 35.5 Å². The van der Waals surface area contributed by atoms with Gasteiger partial charge in [0, 0.05) is 29.4 Å². The van der Waals surface area contributed by atoms with Crippen LogP contribution in [0.2, 0.25) is 0 Å². The van der Waals surface area contributed by atoms with Crippen molar-refractivity contribution in [2.24, 2.45) is 7.05 Å². The molecule has 0 bridgehead atoms. The van der Waals surface area contributed by atoms with Gasteiger partial charge in [-0.05, 0) is 30.7 Å². The first-order chi connectivity index (χ1) is 6.22. The minimum atomic E-state index is 0.809. The average molecular weight is 191 g/mol. The molecule has 2 aromatic rings. The summed E-state index contributed by atoms with van der Waals surface area (Å²) in [5.74, 6) is 0.809. The molecule has 0 unspecified atom stereocenters. The van der Waals surface area contributed by atoms with Crippen LogP contribution in [-0.2, 0) is 12.8 Å². The molecule has 0 fully saturated rings. The van der Waals surface area contributed by atoms with Crippen molar-refractivity contribution in [3.8, 4) is 0 Å². The average Bonchev–Trinajstić information content (AvgIpc) is 2.42. The summed E-state index contributed by atoms with van der Waals surface area (Å²) in [5.41, 5.74) is 3.87. The summed E-state index contributed by atoms with van der Waals surface area (Å²) < 4.78 is 2.21. The van der Waals surface area contributed by atoms with E-state index in [0.29, 0.717) is 0 Å². The second kappa shape index (κ2) is 3.11. The van der Waals surface area contributed by atoms with Crippen molar-refractivity contribution in [3.63, 3.8) is 0 Å². The van der Waals surface area contributed by atoms with Gasteiger partial charge >= 0.3 is 0 Å². The van der Waals surface area contributed by atoms with Gasteiger partial charge < -0.3 is 4.57 Å². The van der Waals surface area contributed by atoms with Gasteiger partial charge in [-0.25, -0.2) is 0 Å². The number of fused-ring (bicyclic) bond motifs is 1. The van der Waals surface area contributed by atoms with E-state index in [1.165, 1.54) is 22.2 Å². The Morgan fingerprint density at radius 1 is 1.31 bits per heavy atom. The highest BCUT2D eigenvalue weighted by molar-refractivity contribution is 7.79. The quantitative estimate of drug-likeness (QED) is 0.661. The Morgan fingerprint density at radius 3 is 2.77 bits per heavy atom. The van der Waals surface area contributed by atoms with E-state index < -0.39 is 0 Å². The first-order valence-electron chi connectivity index (χ1n) is 4.38. The highest BCUT2D eigenvalue weighted by Crippen LogP contribution is 2.20. The molecule has 1 heterocycles. The summed E-state index contributed by atoms with van der Waals surface area (Å²) in [4.78, 5) is 0. The Bertz CT molecular complexity index is 443. The van der Waals surface area contributed by atoms with Gasteiger partial charge in [0.1, 0.15) is 0 Å². The maximum atomic E-state index is 4.26. The molecule has 0 spiro atoms. The van der Waals surface area contributed by atoms with Gasteiger partial charge in [-0.15, -0.1) is 0 Å². The molecule has 0 radical (unpaired) electrons. The Labute approximate surface area is 83.8 Å². The largest absolute Gasteiger partial charge is 0.348 e. The number of aryl methyl sites for hydroxylation is 2. The second-order valence-corrected chi connectivity index (χ2v) is 3.71. The molecular formula is C11H13NS. The summed E-state index contributed by atoms with van der Waals surface area (Å²) >= 11 is 4.26. The zero-order valence-corrected chi connectivity index (χ0v) is 8.81. The number of hydrogen-bond donors (Lipinski definition) is 1. The minimum Gasteiger partial charge on any atom is -0.348 e. The zero-order chi connectivity index (χ0) is 9.42. The van der Waals surface area contributed by atoms with Crippen LogP contribution < -0.4 is 0 Å². The second-order valence-electron chi connectivity index (χ2n) is 3.40. The topological polar surface area (TPSA) is 4.93 Å². The number of aromatic nitrogens is 1. The third-order valence-electron chi connectivity index (χ3n) is 2.53. The summed E-state index contributed by atoms with van der Waals surface area (Å²) in [6, 6.07) is 8.71. The van der Waals surface area contributed by atoms with Crippen LogP contribution in [-0.4, -0.2) is 4.57 Å². The molecule has 0 aliphatic carbocycles. The van der Waals surface area contributed by atoms with Gasteiger partial charge in [-0.1, -0.05) is 6.07 Å². The van der Waals surface area contributed by atoms with Crippen LogP contribution in [0.15, 0.2) is 24.3 Å². The van der Waals surface area contributed by atoms with Crippen molar-refractivity contribution in [2.75, 3.05) is 0 Å². The van der Waals surface area contributed by atoms with Gasteiger partial charge in [0.2, 0.25) is 0 Å². The van der Waals surface area contributed by atoms with E-state index in [1.54, 1.807) is 0 Å². The number of thiol groups is 1. The maximum absolute atomic E-state index is 4.26. The molecule has 68 valence electrons. The predicted molar refractivity (Wildman–Crippen MR) is 60.3 cm³/mol. The Hall–Kier alpha value is -0.890. The standard InChI is InChI=1S/C11H13NS/c1-8-5-10-6-9(7-13)3-4-11(10)12(8)2/h3-6,13H,7H2,1-2H3. The molecule has 1 aromatic heterocycles. The van der Waals surface area contributed by atoms with Gasteiger partial charge in [0.25, 0.3) is 0 Å². The van der Waals surface area contributed by atoms with Crippen molar-refractivity contribution in [2.45, 2.75) is 12.7 Å². The molecule has 0 atom stereocenters. The summed E-state index contributed by atoms with van der Waals surface area (Å²) in [6.45, 7) is 2.13. The highest BCUT2D eigenvalue weighted by Gasteiger charge is 2.01. The SMILES string of the molecule is Cc1cc2cc(CS)ccc2n1C. The van der Waals surface area contributed by atoms with Crippen LogP contribution in [0.25, 0.3) is 10.9 Å². The van der Waals surface area contributed by atoms with Crippen molar-refractivity contribution in [1.29, 1.82) is 0 Å². The van der Waals surface area contributed by atoms with E-state index in [4.69, 9.17) is 0 Å². The van der Waals surface area contributed by atoms with E-state index in [9.17, 15) is 0 Å². The van der Waals surface area contributed by atoms with E-state index in [-0.39, 0.29) is 0 Å². The lowest BCUT2D eigenvalue weighted by Crippen LogP contribution is -1.88. The third kappa shape index (κ3) is 1.35. The highest BCUT2D eigenvalue weighted by atomic mass is 32.1. The summed E-state index contributed by atoms with van der Waals surface area (Å²) in [5, 5.41) is 1.31. The van der Waals surface area contributed by atoms with E-state index in [1.807, 2.05) is 0 Å². The zero-order valence-electron chi connectivity index (χ0n) is 7.91. The van der Waals surface area contributed by atoms with Gasteiger partial charge in [-0.2, -0.15) is 12.6 Å². The minimum absolute atomic E-state index is 0.809. The molecule has 2 rings (SSSR count). The molecular weight excluding hydrogens is 178 g/mol. The molecule has 13 heavy (non-hydrogen) atoms. The van der Waals surface area contributed by atoms with Crippen LogP contribution in [0, 0.1) is 6.92 Å². The van der Waals surface area contributed by atoms with Crippen molar-refractivity contribution >= 4 is 23.5 Å². The fourth-order valence-electron chi connectivity index (χ4n) is 1.64. The van der Waals surface area contributed by atoms with Crippen LogP contribution in [0.3, 0.4) is 0 Å². The monoisotopic (exact) mass is 191 g/mol. The van der Waals surface area contributed by atoms with E-state index in [0.717, 1.165) is 5.75 Å². The molecule has 0 amide bonds. The predicted octanol–water partition coefficient (Wildman–Crippen LogP) is 2.92. The van der Waals surface area contributed by atoms with Crippen molar-refractivity contribution < 1.29 is 0 Å². The van der Waals surface area contributed by atoms with E-state index in [2.05, 4.69) is 55.4 Å². The summed E-state index contributed by atoms with van der Waals surface area (Å²) in [6.07, 6.45) is 0. The normalized spacial score (nSPS) is 11.0. The fraction of sp³-hybridized carbons (Fsp3) is 0.273. The molecule has 0 saturated carbocycles. The molecule has 0 aliphatic rings. The third-order valence-corrected chi connectivity index (χ3v) is 2.89. The number of benzene rings is 1. The summed E-state index contributed by atoms with van der Waals surface area (Å²) in [7, 11) is 2.10. The lowest BCUT2D eigenvalue weighted by Gasteiger charge is -1.99. The number of rotatable bonds is 1. The molecule has 0 N–H and O–H groups in total. The molecule has 1 aromatic carbocycles. The van der Waals surface area contributed by atoms with Crippen LogP contribution in [0.4, 0.5) is 0 Å². The number of hydrogen-bond acceptors (Lipinski definition) is 1. The smallest absolute Gasteiger partial charge is 0.0479 e. The fourth-order valence-corrected chi connectivity index (χ4v) is 1.83. The molecule has 2 heteroatoms. The lowest BCUT2D eigenvalue weighted by molar-refractivity contribution is 0.918. The Kier molecular flexibility index (Phi) is 2.08. The van der Waals surface area contributed by atoms with E-state index >= 15 is 0 Å². The maximum Gasteiger partial charge on any atom is 0.0479 e. The van der Waals surface area contributed by atoms with Gasteiger partial charge in [0.05, 0.1) is 0 Å². The van der Waals surface area contributed by atoms with Gasteiger partial charge in [-0.3, -0.25) is 0 Å². The van der Waals surface area contributed by atoms with Crippen LogP contribution in [0.5, 0.6) is 0 Å². The Morgan fingerprint density at radius 2 is 2.08 bits per heavy atom. The van der Waals surface area contributed by atoms with Crippen LogP contribution >= 0.6 is 12.6 Å². The molecule has 0 aliphatic heterocycles. The molecule has 1 nitrogen and oxygen atoms in total. The van der Waals surface area contributed by atoms with Gasteiger partial charge in [0.15, 0.2) is 0 Å². The van der Waals surface area contributed by atoms with Crippen LogP contribution in [0.1, 0.15) is 11.3 Å². The molecule has 0 saturated heterocycles. The lowest BCUT2D eigenvalue weighted by atomic mass is 10.2. The first-order valence-corrected chi connectivity index (χ1v) is 5.01.